The highest BCUT2D eigenvalue weighted by Gasteiger charge is 2.48. The van der Waals surface area contributed by atoms with Crippen LogP contribution in [0.15, 0.2) is 76.6 Å². The van der Waals surface area contributed by atoms with E-state index in [1.165, 1.54) is 35.9 Å². The SMILES string of the molecule is COC(=O)c1ccc([C@@H]2/C(=C(\O)c3ccc4c(c3)OCCO4)C(=O)C(=O)N2c2nnc(SCc3ccc(Cl)cc3)s2)cc1. The standard InChI is InChI=1S/C30H22ClN3O7S2/c1-39-28(38)18-6-4-17(5-7-18)24-23(25(35)19-8-11-21-22(14-19)41-13-12-40-21)26(36)27(37)34(24)29-32-33-30(43-29)42-15-16-2-9-20(31)10-3-16/h2-11,14,24,35H,12-13,15H2,1H3/b25-23+/t24-/m1/s1. The second-order valence-electron chi connectivity index (χ2n) is 9.41. The maximum atomic E-state index is 13.5. The third-order valence-electron chi connectivity index (χ3n) is 6.79. The van der Waals surface area contributed by atoms with Gasteiger partial charge in [-0.3, -0.25) is 14.5 Å². The zero-order chi connectivity index (χ0) is 30.1. The van der Waals surface area contributed by atoms with Gasteiger partial charge in [0.1, 0.15) is 19.0 Å². The molecule has 1 amide bonds. The number of carbonyl (C=O) groups excluding carboxylic acids is 3. The molecule has 2 aliphatic rings. The lowest BCUT2D eigenvalue weighted by atomic mass is 9.94. The number of anilines is 1. The summed E-state index contributed by atoms with van der Waals surface area (Å²) in [4.78, 5) is 40.4. The summed E-state index contributed by atoms with van der Waals surface area (Å²) >= 11 is 8.55. The summed E-state index contributed by atoms with van der Waals surface area (Å²) in [7, 11) is 1.27. The van der Waals surface area contributed by atoms with Crippen molar-refractivity contribution in [3.8, 4) is 11.5 Å². The number of nitrogens with zero attached hydrogens (tertiary/aromatic N) is 3. The van der Waals surface area contributed by atoms with Gasteiger partial charge in [0.25, 0.3) is 5.78 Å². The van der Waals surface area contributed by atoms with E-state index in [4.69, 9.17) is 25.8 Å². The number of amides is 1. The van der Waals surface area contributed by atoms with Gasteiger partial charge in [-0.05, 0) is 53.6 Å². The van der Waals surface area contributed by atoms with E-state index in [-0.39, 0.29) is 27.6 Å². The van der Waals surface area contributed by atoms with Gasteiger partial charge >= 0.3 is 11.9 Å². The zero-order valence-electron chi connectivity index (χ0n) is 22.5. The lowest BCUT2D eigenvalue weighted by Gasteiger charge is -2.23. The number of hydrogen-bond acceptors (Lipinski definition) is 11. The Morgan fingerprint density at radius 3 is 2.44 bits per heavy atom. The van der Waals surface area contributed by atoms with Crippen LogP contribution in [-0.2, 0) is 20.1 Å². The lowest BCUT2D eigenvalue weighted by molar-refractivity contribution is -0.132. The van der Waals surface area contributed by atoms with Gasteiger partial charge in [0, 0.05) is 16.3 Å². The van der Waals surface area contributed by atoms with Crippen LogP contribution in [-0.4, -0.2) is 53.3 Å². The molecule has 0 aliphatic carbocycles. The minimum Gasteiger partial charge on any atom is -0.507 e. The maximum Gasteiger partial charge on any atom is 0.337 e. The summed E-state index contributed by atoms with van der Waals surface area (Å²) in [5.41, 5.74) is 1.91. The highest BCUT2D eigenvalue weighted by Crippen LogP contribution is 2.45. The normalized spacial score (nSPS) is 17.3. The molecule has 0 radical (unpaired) electrons. The number of Topliss-reactive ketones (excluding diaryl/α,β-unsaturated/α-hetero) is 1. The predicted molar refractivity (Wildman–Crippen MR) is 161 cm³/mol. The van der Waals surface area contributed by atoms with Crippen molar-refractivity contribution in [3.63, 3.8) is 0 Å². The van der Waals surface area contributed by atoms with Gasteiger partial charge in [-0.25, -0.2) is 4.79 Å². The van der Waals surface area contributed by atoms with E-state index >= 15 is 0 Å². The van der Waals surface area contributed by atoms with Crippen LogP contribution in [0.5, 0.6) is 11.5 Å². The summed E-state index contributed by atoms with van der Waals surface area (Å²) in [6, 6.07) is 17.4. The van der Waals surface area contributed by atoms with Crippen molar-refractivity contribution in [3.05, 3.63) is 99.6 Å². The molecule has 6 rings (SSSR count). The number of rotatable bonds is 7. The minimum absolute atomic E-state index is 0.141. The average molecular weight is 636 g/mol. The van der Waals surface area contributed by atoms with Crippen LogP contribution in [0.2, 0.25) is 5.02 Å². The molecule has 1 N–H and O–H groups in total. The Morgan fingerprint density at radius 1 is 1.02 bits per heavy atom. The van der Waals surface area contributed by atoms with E-state index in [0.29, 0.717) is 45.4 Å². The van der Waals surface area contributed by atoms with Crippen LogP contribution < -0.4 is 14.4 Å². The van der Waals surface area contributed by atoms with Crippen LogP contribution in [0.4, 0.5) is 5.13 Å². The Labute approximate surface area is 258 Å². The number of esters is 1. The van der Waals surface area contributed by atoms with Gasteiger partial charge in [0.05, 0.1) is 24.3 Å². The monoisotopic (exact) mass is 635 g/mol. The fraction of sp³-hybridized carbons (Fsp3) is 0.167. The molecule has 3 aromatic carbocycles. The van der Waals surface area contributed by atoms with Gasteiger partial charge in [-0.15, -0.1) is 10.2 Å². The number of aliphatic hydroxyl groups excluding tert-OH is 1. The van der Waals surface area contributed by atoms with E-state index in [2.05, 4.69) is 10.2 Å². The molecule has 4 aromatic rings. The number of halogens is 1. The Morgan fingerprint density at radius 2 is 1.72 bits per heavy atom. The first-order valence-corrected chi connectivity index (χ1v) is 15.1. The molecule has 0 spiro atoms. The molecule has 1 fully saturated rings. The number of ether oxygens (including phenoxy) is 3. The van der Waals surface area contributed by atoms with E-state index in [1.807, 2.05) is 12.1 Å². The number of carbonyl (C=O) groups is 3. The molecule has 3 heterocycles. The molecule has 13 heteroatoms. The Balaban J connectivity index is 1.39. The van der Waals surface area contributed by atoms with Gasteiger partial charge < -0.3 is 19.3 Å². The Hall–Kier alpha value is -4.39. The smallest absolute Gasteiger partial charge is 0.337 e. The summed E-state index contributed by atoms with van der Waals surface area (Å²) in [6.07, 6.45) is 0. The fourth-order valence-electron chi connectivity index (χ4n) is 4.69. The second kappa shape index (κ2) is 12.1. The van der Waals surface area contributed by atoms with Crippen LogP contribution in [0.1, 0.15) is 33.1 Å². The molecule has 43 heavy (non-hydrogen) atoms. The molecule has 1 aromatic heterocycles. The van der Waals surface area contributed by atoms with E-state index in [1.54, 1.807) is 42.5 Å². The molecular weight excluding hydrogens is 614 g/mol. The first kappa shape index (κ1) is 28.7. The van der Waals surface area contributed by atoms with Gasteiger partial charge in [0.15, 0.2) is 15.8 Å². The van der Waals surface area contributed by atoms with Gasteiger partial charge in [-0.2, -0.15) is 0 Å². The number of methoxy groups -OCH3 is 1. The predicted octanol–water partition coefficient (Wildman–Crippen LogP) is 5.67. The van der Waals surface area contributed by atoms with Crippen molar-refractivity contribution in [1.82, 2.24) is 10.2 Å². The third kappa shape index (κ3) is 5.68. The summed E-state index contributed by atoms with van der Waals surface area (Å²) < 4.78 is 16.6. The molecule has 218 valence electrons. The van der Waals surface area contributed by atoms with Crippen LogP contribution in [0.25, 0.3) is 5.76 Å². The molecule has 1 saturated heterocycles. The first-order valence-electron chi connectivity index (χ1n) is 12.9. The number of hydrogen-bond donors (Lipinski definition) is 1. The Kier molecular flexibility index (Phi) is 8.06. The van der Waals surface area contributed by atoms with Gasteiger partial charge in [0.2, 0.25) is 5.13 Å². The number of ketones is 1. The van der Waals surface area contributed by atoms with Gasteiger partial charge in [-0.1, -0.05) is 59.0 Å². The quantitative estimate of drug-likeness (QED) is 0.0677. The molecule has 0 unspecified atom stereocenters. The van der Waals surface area contributed by atoms with Crippen molar-refractivity contribution in [2.75, 3.05) is 25.2 Å². The number of thioether (sulfide) groups is 1. The molecule has 0 bridgehead atoms. The fourth-order valence-corrected chi connectivity index (χ4v) is 6.64. The molecule has 0 saturated carbocycles. The largest absolute Gasteiger partial charge is 0.507 e. The number of aromatic nitrogens is 2. The number of aliphatic hydroxyl groups is 1. The number of fused-ring (bicyclic) bond motifs is 1. The van der Waals surface area contributed by atoms with Crippen molar-refractivity contribution >= 4 is 63.3 Å². The molecule has 1 atom stereocenters. The van der Waals surface area contributed by atoms with E-state index < -0.39 is 23.7 Å². The Bertz CT molecular complexity index is 1760. The third-order valence-corrected chi connectivity index (χ3v) is 9.16. The average Bonchev–Trinajstić information content (AvgIpc) is 3.61. The minimum atomic E-state index is -1.05. The molecule has 10 nitrogen and oxygen atoms in total. The van der Waals surface area contributed by atoms with E-state index in [0.717, 1.165) is 16.9 Å². The first-order chi connectivity index (χ1) is 20.8. The van der Waals surface area contributed by atoms with Crippen molar-refractivity contribution in [2.24, 2.45) is 0 Å². The molecule has 2 aliphatic heterocycles. The van der Waals surface area contributed by atoms with Crippen LogP contribution in [0.3, 0.4) is 0 Å². The summed E-state index contributed by atoms with van der Waals surface area (Å²) in [5, 5.41) is 20.8. The summed E-state index contributed by atoms with van der Waals surface area (Å²) in [6.45, 7) is 0.733. The molecular formula is C30H22ClN3O7S2. The summed E-state index contributed by atoms with van der Waals surface area (Å²) in [5.74, 6) is -1.17. The van der Waals surface area contributed by atoms with Crippen molar-refractivity contribution in [1.29, 1.82) is 0 Å². The highest BCUT2D eigenvalue weighted by molar-refractivity contribution is 8.00. The van der Waals surface area contributed by atoms with Crippen molar-refractivity contribution in [2.45, 2.75) is 16.1 Å². The topological polar surface area (TPSA) is 128 Å². The zero-order valence-corrected chi connectivity index (χ0v) is 24.9. The highest BCUT2D eigenvalue weighted by atomic mass is 35.5. The number of benzene rings is 3. The van der Waals surface area contributed by atoms with Crippen LogP contribution in [0, 0.1) is 0 Å². The maximum absolute atomic E-state index is 13.5. The lowest BCUT2D eigenvalue weighted by Crippen LogP contribution is -2.29. The van der Waals surface area contributed by atoms with Crippen LogP contribution >= 0.6 is 34.7 Å². The van der Waals surface area contributed by atoms with Crippen molar-refractivity contribution < 1.29 is 33.7 Å². The van der Waals surface area contributed by atoms with E-state index in [9.17, 15) is 19.5 Å². The second-order valence-corrected chi connectivity index (χ2v) is 12.0.